The summed E-state index contributed by atoms with van der Waals surface area (Å²) in [5, 5.41) is 0. The Morgan fingerprint density at radius 2 is 1.62 bits per heavy atom. The highest BCUT2D eigenvalue weighted by Gasteiger charge is 2.45. The second-order valence-corrected chi connectivity index (χ2v) is 8.39. The van der Waals surface area contributed by atoms with E-state index in [0.717, 1.165) is 19.4 Å². The molecule has 0 radical (unpaired) electrons. The molecule has 3 atom stereocenters. The normalized spacial score (nSPS) is 24.6. The molecule has 1 saturated carbocycles. The van der Waals surface area contributed by atoms with Crippen molar-refractivity contribution in [2.24, 2.45) is 5.92 Å². The number of likely N-dealkylation sites (tertiary alicyclic amines) is 1. The third-order valence-electron chi connectivity index (χ3n) is 5.74. The van der Waals surface area contributed by atoms with Crippen LogP contribution < -0.4 is 0 Å². The summed E-state index contributed by atoms with van der Waals surface area (Å²) in [6.45, 7) is 3.61. The first kappa shape index (κ1) is 17.9. The van der Waals surface area contributed by atoms with Crippen molar-refractivity contribution in [3.8, 4) is 0 Å². The number of hydrogen-bond donors (Lipinski definition) is 0. The summed E-state index contributed by atoms with van der Waals surface area (Å²) in [5.74, 6) is 0.563. The summed E-state index contributed by atoms with van der Waals surface area (Å²) in [6, 6.07) is 21.4. The fourth-order valence-corrected chi connectivity index (χ4v) is 4.79. The Bertz CT molecular complexity index is 712. The van der Waals surface area contributed by atoms with Gasteiger partial charge in [-0.05, 0) is 36.8 Å². The molecule has 1 heterocycles. The van der Waals surface area contributed by atoms with Crippen molar-refractivity contribution in [1.82, 2.24) is 9.21 Å². The molecule has 2 aliphatic rings. The predicted octanol–water partition coefficient (Wildman–Crippen LogP) is 3.35. The number of benzene rings is 2. The van der Waals surface area contributed by atoms with Crippen molar-refractivity contribution in [2.75, 3.05) is 13.1 Å². The molecule has 0 N–H and O–H groups in total. The first-order valence-corrected chi connectivity index (χ1v) is 10.4. The van der Waals surface area contributed by atoms with E-state index in [-0.39, 0.29) is 18.1 Å². The second-order valence-electron chi connectivity index (χ2n) is 7.49. The summed E-state index contributed by atoms with van der Waals surface area (Å²) >= 11 is -2.14. The highest BCUT2D eigenvalue weighted by atomic mass is 32.2. The van der Waals surface area contributed by atoms with Crippen LogP contribution in [-0.4, -0.2) is 43.1 Å². The highest BCUT2D eigenvalue weighted by molar-refractivity contribution is 7.76. The molecule has 26 heavy (non-hydrogen) atoms. The number of hydrogen-bond acceptors (Lipinski definition) is 3. The first-order valence-electron chi connectivity index (χ1n) is 9.37. The van der Waals surface area contributed by atoms with Crippen molar-refractivity contribution in [3.05, 3.63) is 71.8 Å². The van der Waals surface area contributed by atoms with Crippen LogP contribution in [0, 0.1) is 5.92 Å². The molecule has 138 valence electrons. The Balaban J connectivity index is 1.57. The van der Waals surface area contributed by atoms with Crippen LogP contribution in [0.3, 0.4) is 0 Å². The summed E-state index contributed by atoms with van der Waals surface area (Å²) < 4.78 is 25.2. The quantitative estimate of drug-likeness (QED) is 0.703. The maximum atomic E-state index is 11.8. The van der Waals surface area contributed by atoms with E-state index in [1.165, 1.54) is 11.1 Å². The van der Waals surface area contributed by atoms with E-state index in [0.29, 0.717) is 12.5 Å². The minimum absolute atomic E-state index is 0.0730. The van der Waals surface area contributed by atoms with Crippen LogP contribution in [0.1, 0.15) is 36.9 Å². The average Bonchev–Trinajstić information content (AvgIpc) is 3.48. The van der Waals surface area contributed by atoms with E-state index >= 15 is 0 Å². The molecule has 4 rings (SSSR count). The molecule has 1 aliphatic heterocycles. The average molecular weight is 370 g/mol. The summed E-state index contributed by atoms with van der Waals surface area (Å²) in [5.41, 5.74) is 2.50. The van der Waals surface area contributed by atoms with Gasteiger partial charge >= 0.3 is 0 Å². The zero-order valence-electron chi connectivity index (χ0n) is 15.0. The molecule has 5 heteroatoms. The van der Waals surface area contributed by atoms with Crippen LogP contribution in [0.5, 0.6) is 0 Å². The molecule has 4 nitrogen and oxygen atoms in total. The molecule has 0 spiro atoms. The Kier molecular flexibility index (Phi) is 5.23. The SMILES string of the molecule is C[C@@H]1[C@@H](N(CC2CC2)S(=O)[O-])CN1C(c1ccccc1)c1ccccc1. The zero-order valence-corrected chi connectivity index (χ0v) is 15.8. The van der Waals surface area contributed by atoms with Gasteiger partial charge in [-0.3, -0.25) is 9.11 Å². The lowest BCUT2D eigenvalue weighted by molar-refractivity contribution is -0.00976. The van der Waals surface area contributed by atoms with E-state index in [1.807, 2.05) is 12.1 Å². The molecule has 1 saturated heterocycles. The molecular formula is C21H25N2O2S-. The monoisotopic (exact) mass is 369 g/mol. The maximum absolute atomic E-state index is 11.8. The lowest BCUT2D eigenvalue weighted by atomic mass is 9.88. The molecule has 2 aromatic rings. The van der Waals surface area contributed by atoms with Crippen molar-refractivity contribution >= 4 is 11.3 Å². The summed E-state index contributed by atoms with van der Waals surface area (Å²) in [4.78, 5) is 2.42. The van der Waals surface area contributed by atoms with E-state index in [1.54, 1.807) is 4.31 Å². The van der Waals surface area contributed by atoms with Crippen LogP contribution in [0.4, 0.5) is 0 Å². The maximum Gasteiger partial charge on any atom is 0.0605 e. The minimum Gasteiger partial charge on any atom is -0.760 e. The summed E-state index contributed by atoms with van der Waals surface area (Å²) in [7, 11) is 0. The Labute approximate surface area is 158 Å². The van der Waals surface area contributed by atoms with Gasteiger partial charge in [0, 0.05) is 36.4 Å². The largest absolute Gasteiger partial charge is 0.760 e. The highest BCUT2D eigenvalue weighted by Crippen LogP contribution is 2.39. The third-order valence-corrected chi connectivity index (χ3v) is 6.54. The van der Waals surface area contributed by atoms with Crippen LogP contribution in [0.25, 0.3) is 0 Å². The Morgan fingerprint density at radius 1 is 1.08 bits per heavy atom. The number of rotatable bonds is 7. The third kappa shape index (κ3) is 3.62. The van der Waals surface area contributed by atoms with Crippen LogP contribution >= 0.6 is 0 Å². The molecule has 2 fully saturated rings. The van der Waals surface area contributed by atoms with Gasteiger partial charge in [0.1, 0.15) is 0 Å². The van der Waals surface area contributed by atoms with E-state index < -0.39 is 11.3 Å². The molecule has 1 unspecified atom stereocenters. The molecule has 1 aliphatic carbocycles. The predicted molar refractivity (Wildman–Crippen MR) is 103 cm³/mol. The van der Waals surface area contributed by atoms with Gasteiger partial charge in [-0.15, -0.1) is 0 Å². The first-order chi connectivity index (χ1) is 12.6. The fraction of sp³-hybridized carbons (Fsp3) is 0.429. The molecule has 0 aromatic heterocycles. The standard InChI is InChI=1S/C21H26N2O2S/c1-16-20(23(26(24)25)14-17-12-13-17)15-22(16)21(18-8-4-2-5-9-18)19-10-6-3-7-11-19/h2-11,16-17,20-21H,12-15H2,1H3,(H,24,25)/p-1/t16-,20+/m1/s1. The topological polar surface area (TPSA) is 46.6 Å². The number of nitrogens with zero attached hydrogens (tertiary/aromatic N) is 2. The van der Waals surface area contributed by atoms with E-state index in [9.17, 15) is 8.76 Å². The van der Waals surface area contributed by atoms with Gasteiger partial charge in [-0.2, -0.15) is 0 Å². The van der Waals surface area contributed by atoms with E-state index in [2.05, 4.69) is 60.4 Å². The lowest BCUT2D eigenvalue weighted by Crippen LogP contribution is -2.66. The van der Waals surface area contributed by atoms with Crippen molar-refractivity contribution < 1.29 is 8.76 Å². The fourth-order valence-electron chi connectivity index (χ4n) is 4.00. The van der Waals surface area contributed by atoms with Gasteiger partial charge in [0.25, 0.3) is 0 Å². The lowest BCUT2D eigenvalue weighted by Gasteiger charge is -2.54. The summed E-state index contributed by atoms with van der Waals surface area (Å²) in [6.07, 6.45) is 2.32. The van der Waals surface area contributed by atoms with Gasteiger partial charge in [0.15, 0.2) is 0 Å². The Morgan fingerprint density at radius 3 is 2.04 bits per heavy atom. The minimum atomic E-state index is -2.14. The van der Waals surface area contributed by atoms with Crippen molar-refractivity contribution in [2.45, 2.75) is 37.9 Å². The molecule has 0 amide bonds. The molecular weight excluding hydrogens is 344 g/mol. The van der Waals surface area contributed by atoms with Gasteiger partial charge in [0.2, 0.25) is 0 Å². The van der Waals surface area contributed by atoms with Crippen LogP contribution in [0.2, 0.25) is 0 Å². The second kappa shape index (κ2) is 7.61. The zero-order chi connectivity index (χ0) is 18.1. The van der Waals surface area contributed by atoms with Gasteiger partial charge in [-0.25, -0.2) is 4.31 Å². The van der Waals surface area contributed by atoms with E-state index in [4.69, 9.17) is 0 Å². The molecule has 0 bridgehead atoms. The van der Waals surface area contributed by atoms with Gasteiger partial charge in [0.05, 0.1) is 6.04 Å². The van der Waals surface area contributed by atoms with Crippen LogP contribution in [0.15, 0.2) is 60.7 Å². The van der Waals surface area contributed by atoms with Crippen molar-refractivity contribution in [3.63, 3.8) is 0 Å². The smallest absolute Gasteiger partial charge is 0.0605 e. The van der Waals surface area contributed by atoms with Gasteiger partial charge < -0.3 is 4.55 Å². The van der Waals surface area contributed by atoms with Crippen LogP contribution in [-0.2, 0) is 11.3 Å². The van der Waals surface area contributed by atoms with Crippen molar-refractivity contribution in [1.29, 1.82) is 0 Å². The molecule has 2 aromatic carbocycles. The van der Waals surface area contributed by atoms with Gasteiger partial charge in [-0.1, -0.05) is 60.7 Å². The Hall–Kier alpha value is -1.53.